The number of amides is 1. The predicted octanol–water partition coefficient (Wildman–Crippen LogP) is 1.52. The molecule has 0 bridgehead atoms. The average Bonchev–Trinajstić information content (AvgIpc) is 3.15. The molecule has 19 heavy (non-hydrogen) atoms. The summed E-state index contributed by atoms with van der Waals surface area (Å²) in [5, 5.41) is 0. The molecule has 0 aromatic heterocycles. The Morgan fingerprint density at radius 1 is 1.05 bits per heavy atom. The third-order valence-electron chi connectivity index (χ3n) is 4.41. The molecular weight excluding hydrogens is 262 g/mol. The van der Waals surface area contributed by atoms with Crippen LogP contribution in [0.2, 0.25) is 0 Å². The highest BCUT2D eigenvalue weighted by Gasteiger charge is 2.43. The van der Waals surface area contributed by atoms with E-state index in [1.165, 1.54) is 0 Å². The fraction of sp³-hybridized carbons (Fsp3) is 0.786. The van der Waals surface area contributed by atoms with E-state index in [9.17, 15) is 13.2 Å². The van der Waals surface area contributed by atoms with Gasteiger partial charge in [0.1, 0.15) is 0 Å². The lowest BCUT2D eigenvalue weighted by molar-refractivity contribution is -0.138. The highest BCUT2D eigenvalue weighted by Crippen LogP contribution is 2.35. The number of carbonyl (C=O) groups is 1. The lowest BCUT2D eigenvalue weighted by atomic mass is 9.92. The van der Waals surface area contributed by atoms with Crippen molar-refractivity contribution in [1.29, 1.82) is 0 Å². The van der Waals surface area contributed by atoms with Gasteiger partial charge < -0.3 is 4.90 Å². The van der Waals surface area contributed by atoms with Crippen LogP contribution >= 0.6 is 0 Å². The summed E-state index contributed by atoms with van der Waals surface area (Å²) in [6, 6.07) is 0.257. The van der Waals surface area contributed by atoms with Crippen molar-refractivity contribution in [3.8, 4) is 0 Å². The monoisotopic (exact) mass is 283 g/mol. The van der Waals surface area contributed by atoms with Crippen LogP contribution in [0.3, 0.4) is 0 Å². The molecule has 4 nitrogen and oxygen atoms in total. The van der Waals surface area contributed by atoms with E-state index in [1.54, 1.807) is 0 Å². The maximum absolute atomic E-state index is 12.7. The third-order valence-corrected chi connectivity index (χ3v) is 6.17. The van der Waals surface area contributed by atoms with E-state index >= 15 is 0 Å². The van der Waals surface area contributed by atoms with E-state index < -0.39 is 9.84 Å². The Kier molecular flexibility index (Phi) is 3.41. The lowest BCUT2D eigenvalue weighted by Crippen LogP contribution is -2.45. The SMILES string of the molecule is O=C([C@H]1CC=CCC1)N(C1CC1)[C@@H]1CCS(=O)(=O)C1. The second kappa shape index (κ2) is 4.93. The molecule has 0 unspecified atom stereocenters. The van der Waals surface area contributed by atoms with Gasteiger partial charge in [-0.1, -0.05) is 12.2 Å². The second-order valence-corrected chi connectivity index (χ2v) is 8.24. The van der Waals surface area contributed by atoms with Crippen LogP contribution in [0.5, 0.6) is 0 Å². The summed E-state index contributed by atoms with van der Waals surface area (Å²) in [7, 11) is -2.92. The minimum Gasteiger partial charge on any atom is -0.335 e. The number of allylic oxidation sites excluding steroid dienone is 2. The van der Waals surface area contributed by atoms with Gasteiger partial charge in [0.25, 0.3) is 0 Å². The van der Waals surface area contributed by atoms with Gasteiger partial charge in [-0.2, -0.15) is 0 Å². The molecule has 5 heteroatoms. The van der Waals surface area contributed by atoms with Gasteiger partial charge in [-0.15, -0.1) is 0 Å². The summed E-state index contributed by atoms with van der Waals surface area (Å²) >= 11 is 0. The molecule has 3 aliphatic rings. The van der Waals surface area contributed by atoms with Crippen molar-refractivity contribution in [3.05, 3.63) is 12.2 Å². The smallest absolute Gasteiger partial charge is 0.226 e. The molecule has 1 aliphatic heterocycles. The van der Waals surface area contributed by atoms with Crippen molar-refractivity contribution in [3.63, 3.8) is 0 Å². The molecule has 1 saturated carbocycles. The molecule has 3 rings (SSSR count). The van der Waals surface area contributed by atoms with E-state index in [0.29, 0.717) is 12.5 Å². The first kappa shape index (κ1) is 13.2. The van der Waals surface area contributed by atoms with Gasteiger partial charge in [0.2, 0.25) is 5.91 Å². The number of nitrogens with zero attached hydrogens (tertiary/aromatic N) is 1. The van der Waals surface area contributed by atoms with Crippen molar-refractivity contribution < 1.29 is 13.2 Å². The lowest BCUT2D eigenvalue weighted by Gasteiger charge is -2.32. The molecule has 106 valence electrons. The molecule has 0 aromatic rings. The number of hydrogen-bond acceptors (Lipinski definition) is 3. The summed E-state index contributed by atoms with van der Waals surface area (Å²) in [6.45, 7) is 0. The van der Waals surface area contributed by atoms with Gasteiger partial charge in [0.05, 0.1) is 11.5 Å². The number of rotatable bonds is 3. The van der Waals surface area contributed by atoms with E-state index in [2.05, 4.69) is 12.2 Å². The molecular formula is C14H21NO3S. The Balaban J connectivity index is 1.74. The predicted molar refractivity (Wildman–Crippen MR) is 73.4 cm³/mol. The van der Waals surface area contributed by atoms with Crippen LogP contribution in [0.4, 0.5) is 0 Å². The normalized spacial score (nSPS) is 33.3. The van der Waals surface area contributed by atoms with Crippen molar-refractivity contribution >= 4 is 15.7 Å². The summed E-state index contributed by atoms with van der Waals surface area (Å²) in [6.07, 6.45) is 9.65. The quantitative estimate of drug-likeness (QED) is 0.738. The van der Waals surface area contributed by atoms with Crippen molar-refractivity contribution in [1.82, 2.24) is 4.90 Å². The zero-order chi connectivity index (χ0) is 13.5. The maximum Gasteiger partial charge on any atom is 0.226 e. The van der Waals surface area contributed by atoms with Crippen LogP contribution < -0.4 is 0 Å². The molecule has 1 amide bonds. The van der Waals surface area contributed by atoms with Crippen LogP contribution in [-0.4, -0.2) is 42.8 Å². The zero-order valence-electron chi connectivity index (χ0n) is 11.1. The average molecular weight is 283 g/mol. The summed E-state index contributed by atoms with van der Waals surface area (Å²) in [5.74, 6) is 0.708. The van der Waals surface area contributed by atoms with Gasteiger partial charge in [-0.3, -0.25) is 4.79 Å². The van der Waals surface area contributed by atoms with Gasteiger partial charge in [0, 0.05) is 18.0 Å². The van der Waals surface area contributed by atoms with Crippen molar-refractivity contribution in [2.45, 2.75) is 50.6 Å². The Morgan fingerprint density at radius 3 is 2.37 bits per heavy atom. The topological polar surface area (TPSA) is 54.5 Å². The summed E-state index contributed by atoms with van der Waals surface area (Å²) in [4.78, 5) is 14.6. The number of hydrogen-bond donors (Lipinski definition) is 0. The van der Waals surface area contributed by atoms with Gasteiger partial charge in [0.15, 0.2) is 9.84 Å². The van der Waals surface area contributed by atoms with Crippen LogP contribution in [0, 0.1) is 5.92 Å². The molecule has 0 radical (unpaired) electrons. The minimum absolute atomic E-state index is 0.0593. The van der Waals surface area contributed by atoms with E-state index in [4.69, 9.17) is 0 Å². The third kappa shape index (κ3) is 2.86. The highest BCUT2D eigenvalue weighted by molar-refractivity contribution is 7.91. The van der Waals surface area contributed by atoms with Gasteiger partial charge in [-0.25, -0.2) is 8.42 Å². The highest BCUT2D eigenvalue weighted by atomic mass is 32.2. The Morgan fingerprint density at radius 2 is 1.84 bits per heavy atom. The Labute approximate surface area is 114 Å². The largest absolute Gasteiger partial charge is 0.335 e. The molecule has 1 saturated heterocycles. The second-order valence-electron chi connectivity index (χ2n) is 6.01. The number of sulfone groups is 1. The summed E-state index contributed by atoms with van der Waals surface area (Å²) in [5.41, 5.74) is 0. The maximum atomic E-state index is 12.7. The first-order valence-corrected chi connectivity index (χ1v) is 9.06. The van der Waals surface area contributed by atoms with Crippen LogP contribution in [0.15, 0.2) is 12.2 Å². The Hall–Kier alpha value is -0.840. The van der Waals surface area contributed by atoms with E-state index in [0.717, 1.165) is 32.1 Å². The molecule has 1 heterocycles. The molecule has 2 atom stereocenters. The standard InChI is InChI=1S/C14H21NO3S/c16-14(11-4-2-1-3-5-11)15(12-6-7-12)13-8-9-19(17,18)10-13/h1-2,11-13H,3-10H2/t11-,13+/m0/s1. The zero-order valence-corrected chi connectivity index (χ0v) is 11.9. The van der Waals surface area contributed by atoms with Crippen molar-refractivity contribution in [2.75, 3.05) is 11.5 Å². The van der Waals surface area contributed by atoms with E-state index in [-0.39, 0.29) is 29.4 Å². The molecule has 0 N–H and O–H groups in total. The summed E-state index contributed by atoms with van der Waals surface area (Å²) < 4.78 is 23.3. The van der Waals surface area contributed by atoms with Crippen LogP contribution in [0.25, 0.3) is 0 Å². The van der Waals surface area contributed by atoms with E-state index in [1.807, 2.05) is 4.90 Å². The first-order chi connectivity index (χ1) is 9.07. The van der Waals surface area contributed by atoms with Crippen molar-refractivity contribution in [2.24, 2.45) is 5.92 Å². The minimum atomic E-state index is -2.92. The number of carbonyl (C=O) groups excluding carboxylic acids is 1. The first-order valence-electron chi connectivity index (χ1n) is 7.24. The molecule has 0 aromatic carbocycles. The molecule has 0 spiro atoms. The molecule has 2 aliphatic carbocycles. The molecule has 2 fully saturated rings. The van der Waals surface area contributed by atoms with Crippen LogP contribution in [0.1, 0.15) is 38.5 Å². The Bertz CT molecular complexity index is 493. The fourth-order valence-electron chi connectivity index (χ4n) is 3.23. The van der Waals surface area contributed by atoms with Gasteiger partial charge >= 0.3 is 0 Å². The van der Waals surface area contributed by atoms with Gasteiger partial charge in [-0.05, 0) is 38.5 Å². The fourth-order valence-corrected chi connectivity index (χ4v) is 4.95. The van der Waals surface area contributed by atoms with Crippen LogP contribution in [-0.2, 0) is 14.6 Å².